The molecule has 136 valence electrons. The lowest BCUT2D eigenvalue weighted by Gasteiger charge is -2.35. The highest BCUT2D eigenvalue weighted by molar-refractivity contribution is 7.89. The zero-order valence-corrected chi connectivity index (χ0v) is 14.4. The largest absolute Gasteiger partial charge is 0.373 e. The number of nitrogens with one attached hydrogen (secondary N) is 1. The summed E-state index contributed by atoms with van der Waals surface area (Å²) in [7, 11) is -4.23. The van der Waals surface area contributed by atoms with Crippen molar-refractivity contribution in [3.8, 4) is 0 Å². The van der Waals surface area contributed by atoms with Crippen molar-refractivity contribution in [1.82, 2.24) is 9.62 Å². The summed E-state index contributed by atoms with van der Waals surface area (Å²) in [5.74, 6) is -4.94. The van der Waals surface area contributed by atoms with Gasteiger partial charge in [-0.1, -0.05) is 0 Å². The third kappa shape index (κ3) is 4.69. The first-order valence-corrected chi connectivity index (χ1v) is 9.20. The Bertz CT molecular complexity index is 675. The minimum atomic E-state index is -4.23. The molecule has 0 saturated carbocycles. The Balaban J connectivity index is 1.88. The van der Waals surface area contributed by atoms with Crippen molar-refractivity contribution in [2.75, 3.05) is 26.2 Å². The van der Waals surface area contributed by atoms with Gasteiger partial charge in [0.15, 0.2) is 17.5 Å². The predicted octanol–water partition coefficient (Wildman–Crippen LogP) is 1.88. The Morgan fingerprint density at radius 3 is 2.42 bits per heavy atom. The summed E-state index contributed by atoms with van der Waals surface area (Å²) in [4.78, 5) is 1.26. The van der Waals surface area contributed by atoms with E-state index in [0.717, 1.165) is 13.1 Å². The maximum absolute atomic E-state index is 13.6. The first-order valence-electron chi connectivity index (χ1n) is 7.71. The predicted molar refractivity (Wildman–Crippen MR) is 82.6 cm³/mol. The molecular weight excluding hydrogens is 345 g/mol. The summed E-state index contributed by atoms with van der Waals surface area (Å²) in [6.07, 6.45) is 0.729. The van der Waals surface area contributed by atoms with E-state index in [2.05, 4.69) is 9.62 Å². The molecule has 2 rings (SSSR count). The number of rotatable bonds is 6. The number of ether oxygens (including phenoxy) is 1. The van der Waals surface area contributed by atoms with E-state index in [1.807, 2.05) is 13.8 Å². The van der Waals surface area contributed by atoms with Crippen LogP contribution in [0, 0.1) is 17.5 Å². The van der Waals surface area contributed by atoms with Crippen LogP contribution in [0.2, 0.25) is 0 Å². The quantitative estimate of drug-likeness (QED) is 0.617. The molecule has 5 nitrogen and oxygen atoms in total. The van der Waals surface area contributed by atoms with Crippen LogP contribution in [0.25, 0.3) is 0 Å². The number of sulfonamides is 1. The van der Waals surface area contributed by atoms with Crippen LogP contribution in [-0.2, 0) is 14.8 Å². The van der Waals surface area contributed by atoms with Gasteiger partial charge >= 0.3 is 0 Å². The molecule has 1 fully saturated rings. The van der Waals surface area contributed by atoms with Crippen molar-refractivity contribution in [3.05, 3.63) is 29.6 Å². The fourth-order valence-electron chi connectivity index (χ4n) is 2.77. The molecule has 0 radical (unpaired) electrons. The highest BCUT2D eigenvalue weighted by Crippen LogP contribution is 2.19. The lowest BCUT2D eigenvalue weighted by molar-refractivity contribution is -0.0679. The molecule has 0 aliphatic carbocycles. The Hall–Kier alpha value is -1.16. The van der Waals surface area contributed by atoms with Crippen LogP contribution in [0.15, 0.2) is 17.0 Å². The number of benzene rings is 1. The van der Waals surface area contributed by atoms with E-state index in [4.69, 9.17) is 4.74 Å². The van der Waals surface area contributed by atoms with Gasteiger partial charge < -0.3 is 4.74 Å². The summed E-state index contributed by atoms with van der Waals surface area (Å²) < 4.78 is 71.4. The molecule has 1 aromatic rings. The summed E-state index contributed by atoms with van der Waals surface area (Å²) in [6.45, 7) is 6.18. The van der Waals surface area contributed by atoms with E-state index < -0.39 is 32.4 Å². The second kappa shape index (κ2) is 7.81. The van der Waals surface area contributed by atoms with Crippen molar-refractivity contribution < 1.29 is 26.3 Å². The lowest BCUT2D eigenvalue weighted by atomic mass is 10.2. The second-order valence-electron chi connectivity index (χ2n) is 5.94. The Kier molecular flexibility index (Phi) is 6.24. The van der Waals surface area contributed by atoms with Crippen LogP contribution in [0.3, 0.4) is 0 Å². The molecule has 1 heterocycles. The van der Waals surface area contributed by atoms with Crippen molar-refractivity contribution in [2.45, 2.75) is 37.4 Å². The standard InChI is InChI=1S/C15H21F3N2O3S/c1-10-8-20(9-11(2)23-10)7-3-6-19-24(21,22)13-5-4-12(16)14(17)15(13)18/h4-5,10-11,19H,3,6-9H2,1-2H3. The monoisotopic (exact) mass is 366 g/mol. The number of nitrogens with zero attached hydrogens (tertiary/aromatic N) is 1. The molecule has 1 N–H and O–H groups in total. The number of hydrogen-bond acceptors (Lipinski definition) is 4. The number of morpholine rings is 1. The van der Waals surface area contributed by atoms with Gasteiger partial charge in [-0.25, -0.2) is 26.3 Å². The molecule has 1 saturated heterocycles. The van der Waals surface area contributed by atoms with E-state index in [1.165, 1.54) is 0 Å². The zero-order chi connectivity index (χ0) is 17.9. The molecule has 0 aromatic heterocycles. The van der Waals surface area contributed by atoms with Gasteiger partial charge in [-0.05, 0) is 38.9 Å². The molecule has 1 aliphatic rings. The van der Waals surface area contributed by atoms with Gasteiger partial charge in [0.05, 0.1) is 12.2 Å². The molecule has 2 atom stereocenters. The number of halogens is 3. The minimum absolute atomic E-state index is 0.0703. The van der Waals surface area contributed by atoms with Crippen LogP contribution in [-0.4, -0.2) is 51.7 Å². The minimum Gasteiger partial charge on any atom is -0.373 e. The molecule has 0 spiro atoms. The third-order valence-corrected chi connectivity index (χ3v) is 5.21. The van der Waals surface area contributed by atoms with Crippen LogP contribution in [0.4, 0.5) is 13.2 Å². The van der Waals surface area contributed by atoms with E-state index in [0.29, 0.717) is 25.1 Å². The van der Waals surface area contributed by atoms with E-state index in [-0.39, 0.29) is 18.8 Å². The summed E-state index contributed by atoms with van der Waals surface area (Å²) in [5.41, 5.74) is 0. The van der Waals surface area contributed by atoms with Crippen molar-refractivity contribution >= 4 is 10.0 Å². The Morgan fingerprint density at radius 2 is 1.79 bits per heavy atom. The normalized spacial score (nSPS) is 22.7. The summed E-state index contributed by atoms with van der Waals surface area (Å²) in [6, 6.07) is 1.30. The lowest BCUT2D eigenvalue weighted by Crippen LogP contribution is -2.46. The smallest absolute Gasteiger partial charge is 0.243 e. The Morgan fingerprint density at radius 1 is 1.17 bits per heavy atom. The molecule has 1 aliphatic heterocycles. The van der Waals surface area contributed by atoms with E-state index in [1.54, 1.807) is 0 Å². The van der Waals surface area contributed by atoms with Crippen LogP contribution < -0.4 is 4.72 Å². The van der Waals surface area contributed by atoms with E-state index >= 15 is 0 Å². The fourth-order valence-corrected chi connectivity index (χ4v) is 3.91. The molecule has 2 unspecified atom stereocenters. The molecule has 0 amide bonds. The van der Waals surface area contributed by atoms with Gasteiger partial charge in [0, 0.05) is 19.6 Å². The molecule has 24 heavy (non-hydrogen) atoms. The van der Waals surface area contributed by atoms with Crippen LogP contribution in [0.5, 0.6) is 0 Å². The summed E-state index contributed by atoms with van der Waals surface area (Å²) in [5, 5.41) is 0. The molecular formula is C15H21F3N2O3S. The highest BCUT2D eigenvalue weighted by Gasteiger charge is 2.24. The van der Waals surface area contributed by atoms with Crippen LogP contribution in [0.1, 0.15) is 20.3 Å². The van der Waals surface area contributed by atoms with Crippen LogP contribution >= 0.6 is 0 Å². The van der Waals surface area contributed by atoms with Gasteiger partial charge in [-0.15, -0.1) is 0 Å². The van der Waals surface area contributed by atoms with Crippen molar-refractivity contribution in [2.24, 2.45) is 0 Å². The fraction of sp³-hybridized carbons (Fsp3) is 0.600. The Labute approximate surface area is 139 Å². The second-order valence-corrected chi connectivity index (χ2v) is 7.68. The van der Waals surface area contributed by atoms with Crippen molar-refractivity contribution in [1.29, 1.82) is 0 Å². The highest BCUT2D eigenvalue weighted by atomic mass is 32.2. The average molecular weight is 366 g/mol. The number of hydrogen-bond donors (Lipinski definition) is 1. The van der Waals surface area contributed by atoms with Gasteiger partial charge in [-0.2, -0.15) is 0 Å². The molecule has 9 heteroatoms. The topological polar surface area (TPSA) is 58.6 Å². The van der Waals surface area contributed by atoms with Gasteiger partial charge in [-0.3, -0.25) is 4.90 Å². The molecule has 1 aromatic carbocycles. The maximum Gasteiger partial charge on any atom is 0.243 e. The third-order valence-electron chi connectivity index (χ3n) is 3.73. The van der Waals surface area contributed by atoms with Gasteiger partial charge in [0.1, 0.15) is 4.90 Å². The van der Waals surface area contributed by atoms with Crippen molar-refractivity contribution in [3.63, 3.8) is 0 Å². The average Bonchev–Trinajstić information content (AvgIpc) is 2.48. The summed E-state index contributed by atoms with van der Waals surface area (Å²) >= 11 is 0. The van der Waals surface area contributed by atoms with E-state index in [9.17, 15) is 21.6 Å². The first-order chi connectivity index (χ1) is 11.2. The zero-order valence-electron chi connectivity index (χ0n) is 13.6. The maximum atomic E-state index is 13.6. The first kappa shape index (κ1) is 19.2. The van der Waals surface area contributed by atoms with Gasteiger partial charge in [0.25, 0.3) is 0 Å². The SMILES string of the molecule is CC1CN(CCCNS(=O)(=O)c2ccc(F)c(F)c2F)CC(C)O1. The van der Waals surface area contributed by atoms with Gasteiger partial charge in [0.2, 0.25) is 10.0 Å². The molecule has 0 bridgehead atoms.